The fourth-order valence-corrected chi connectivity index (χ4v) is 2.00. The highest BCUT2D eigenvalue weighted by Crippen LogP contribution is 2.39. The summed E-state index contributed by atoms with van der Waals surface area (Å²) in [6.07, 6.45) is 0.919. The van der Waals surface area contributed by atoms with Gasteiger partial charge in [-0.25, -0.2) is 0 Å². The van der Waals surface area contributed by atoms with Crippen molar-refractivity contribution >= 4 is 11.6 Å². The normalized spacial score (nSPS) is 10.3. The summed E-state index contributed by atoms with van der Waals surface area (Å²) >= 11 is 6.14. The van der Waals surface area contributed by atoms with E-state index in [1.165, 1.54) is 5.56 Å². The van der Waals surface area contributed by atoms with Crippen LogP contribution in [0.3, 0.4) is 0 Å². The van der Waals surface area contributed by atoms with Crippen molar-refractivity contribution in [2.75, 3.05) is 27.8 Å². The maximum absolute atomic E-state index is 6.14. The van der Waals surface area contributed by atoms with Gasteiger partial charge < -0.3 is 14.8 Å². The molecule has 1 N–H and O–H groups in total. The van der Waals surface area contributed by atoms with Gasteiger partial charge in [-0.15, -0.1) is 0 Å². The summed E-state index contributed by atoms with van der Waals surface area (Å²) in [5.41, 5.74) is 2.26. The lowest BCUT2D eigenvalue weighted by molar-refractivity contribution is 0.352. The van der Waals surface area contributed by atoms with Crippen LogP contribution in [0.2, 0.25) is 5.02 Å². The molecule has 90 valence electrons. The van der Waals surface area contributed by atoms with Crippen molar-refractivity contribution in [3.8, 4) is 11.5 Å². The Morgan fingerprint density at radius 1 is 1.25 bits per heavy atom. The number of hydrogen-bond acceptors (Lipinski definition) is 3. The van der Waals surface area contributed by atoms with Gasteiger partial charge in [-0.3, -0.25) is 0 Å². The number of halogens is 1. The molecule has 1 rings (SSSR count). The van der Waals surface area contributed by atoms with Crippen LogP contribution < -0.4 is 14.8 Å². The Balaban J connectivity index is 3.17. The van der Waals surface area contributed by atoms with Crippen LogP contribution in [0, 0.1) is 6.92 Å². The van der Waals surface area contributed by atoms with E-state index in [-0.39, 0.29) is 0 Å². The largest absolute Gasteiger partial charge is 0.493 e. The highest BCUT2D eigenvalue weighted by Gasteiger charge is 2.15. The molecule has 3 nitrogen and oxygen atoms in total. The number of rotatable bonds is 5. The summed E-state index contributed by atoms with van der Waals surface area (Å²) < 4.78 is 10.6. The molecule has 0 spiro atoms. The highest BCUT2D eigenvalue weighted by atomic mass is 35.5. The lowest BCUT2D eigenvalue weighted by Crippen LogP contribution is -2.11. The van der Waals surface area contributed by atoms with Crippen molar-refractivity contribution < 1.29 is 9.47 Å². The lowest BCUT2D eigenvalue weighted by Gasteiger charge is -2.15. The SMILES string of the molecule is CNCCc1cc(Cl)c(OC)c(OC)c1C. The number of likely N-dealkylation sites (N-methyl/N-ethyl adjacent to an activating group) is 1. The van der Waals surface area contributed by atoms with Crippen molar-refractivity contribution in [1.29, 1.82) is 0 Å². The summed E-state index contributed by atoms with van der Waals surface area (Å²) in [5.74, 6) is 1.33. The fourth-order valence-electron chi connectivity index (χ4n) is 1.71. The lowest BCUT2D eigenvalue weighted by atomic mass is 10.0. The maximum atomic E-state index is 6.14. The van der Waals surface area contributed by atoms with Crippen molar-refractivity contribution in [3.63, 3.8) is 0 Å². The number of nitrogens with one attached hydrogen (secondary N) is 1. The molecule has 0 aliphatic heterocycles. The molecule has 0 unspecified atom stereocenters. The average molecular weight is 244 g/mol. The van der Waals surface area contributed by atoms with Crippen molar-refractivity contribution in [2.45, 2.75) is 13.3 Å². The average Bonchev–Trinajstić information content (AvgIpc) is 2.29. The van der Waals surface area contributed by atoms with E-state index < -0.39 is 0 Å². The van der Waals surface area contributed by atoms with E-state index >= 15 is 0 Å². The minimum Gasteiger partial charge on any atom is -0.493 e. The number of hydrogen-bond donors (Lipinski definition) is 1. The maximum Gasteiger partial charge on any atom is 0.179 e. The van der Waals surface area contributed by atoms with Crippen molar-refractivity contribution in [3.05, 3.63) is 22.2 Å². The summed E-state index contributed by atoms with van der Waals surface area (Å²) in [4.78, 5) is 0. The Labute approximate surface area is 102 Å². The number of benzene rings is 1. The molecule has 16 heavy (non-hydrogen) atoms. The molecule has 0 radical (unpaired) electrons. The van der Waals surface area contributed by atoms with Gasteiger partial charge >= 0.3 is 0 Å². The standard InChI is InChI=1S/C12H18ClNO2/c1-8-9(5-6-14-2)7-10(13)12(16-4)11(8)15-3/h7,14H,5-6H2,1-4H3. The van der Waals surface area contributed by atoms with Crippen LogP contribution >= 0.6 is 11.6 Å². The topological polar surface area (TPSA) is 30.5 Å². The van der Waals surface area contributed by atoms with Crippen molar-refractivity contribution in [2.24, 2.45) is 0 Å². The summed E-state index contributed by atoms with van der Waals surface area (Å²) in [7, 11) is 5.15. The van der Waals surface area contributed by atoms with Crippen LogP contribution in [0.1, 0.15) is 11.1 Å². The Hall–Kier alpha value is -0.930. The zero-order chi connectivity index (χ0) is 12.1. The van der Waals surface area contributed by atoms with Crippen LogP contribution in [-0.2, 0) is 6.42 Å². The van der Waals surface area contributed by atoms with Gasteiger partial charge in [0.15, 0.2) is 11.5 Å². The summed E-state index contributed by atoms with van der Waals surface area (Å²) in [6.45, 7) is 2.93. The van der Waals surface area contributed by atoms with E-state index in [1.807, 2.05) is 20.0 Å². The third-order valence-corrected chi connectivity index (χ3v) is 2.88. The van der Waals surface area contributed by atoms with Crippen LogP contribution in [0.4, 0.5) is 0 Å². The summed E-state index contributed by atoms with van der Waals surface area (Å²) in [6, 6.07) is 1.94. The minimum absolute atomic E-state index is 0.594. The smallest absolute Gasteiger partial charge is 0.179 e. The third-order valence-electron chi connectivity index (χ3n) is 2.60. The molecule has 1 aromatic carbocycles. The Kier molecular flexibility index (Phi) is 4.90. The zero-order valence-corrected chi connectivity index (χ0v) is 10.9. The molecule has 0 fully saturated rings. The first-order valence-electron chi connectivity index (χ1n) is 5.20. The Bertz CT molecular complexity index is 367. The minimum atomic E-state index is 0.594. The summed E-state index contributed by atoms with van der Waals surface area (Å²) in [5, 5.41) is 3.71. The van der Waals surface area contributed by atoms with Gasteiger partial charge in [0.25, 0.3) is 0 Å². The second kappa shape index (κ2) is 5.97. The van der Waals surface area contributed by atoms with Gasteiger partial charge in [0.2, 0.25) is 0 Å². The predicted octanol–water partition coefficient (Wildman–Crippen LogP) is 2.43. The molecule has 0 aliphatic rings. The Morgan fingerprint density at radius 3 is 2.38 bits per heavy atom. The molecule has 0 amide bonds. The van der Waals surface area contributed by atoms with E-state index in [1.54, 1.807) is 14.2 Å². The fraction of sp³-hybridized carbons (Fsp3) is 0.500. The molecule has 4 heteroatoms. The van der Waals surface area contributed by atoms with Gasteiger partial charge in [-0.05, 0) is 44.1 Å². The first kappa shape index (κ1) is 13.1. The molecule has 0 aromatic heterocycles. The second-order valence-electron chi connectivity index (χ2n) is 3.56. The molecule has 0 saturated carbocycles. The first-order valence-corrected chi connectivity index (χ1v) is 5.58. The van der Waals surface area contributed by atoms with Crippen LogP contribution in [0.25, 0.3) is 0 Å². The van der Waals surface area contributed by atoms with E-state index in [4.69, 9.17) is 21.1 Å². The quantitative estimate of drug-likeness (QED) is 0.862. The number of ether oxygens (including phenoxy) is 2. The van der Waals surface area contributed by atoms with E-state index in [2.05, 4.69) is 5.32 Å². The van der Waals surface area contributed by atoms with Crippen LogP contribution in [-0.4, -0.2) is 27.8 Å². The zero-order valence-electron chi connectivity index (χ0n) is 10.2. The monoisotopic (exact) mass is 243 g/mol. The van der Waals surface area contributed by atoms with Gasteiger partial charge in [0.1, 0.15) is 0 Å². The third kappa shape index (κ3) is 2.60. The molecular formula is C12H18ClNO2. The van der Waals surface area contributed by atoms with Gasteiger partial charge in [0, 0.05) is 0 Å². The van der Waals surface area contributed by atoms with E-state index in [0.29, 0.717) is 10.8 Å². The molecular weight excluding hydrogens is 226 g/mol. The van der Waals surface area contributed by atoms with Gasteiger partial charge in [-0.2, -0.15) is 0 Å². The first-order chi connectivity index (χ1) is 7.65. The van der Waals surface area contributed by atoms with E-state index in [9.17, 15) is 0 Å². The second-order valence-corrected chi connectivity index (χ2v) is 3.97. The predicted molar refractivity (Wildman–Crippen MR) is 66.9 cm³/mol. The van der Waals surface area contributed by atoms with Crippen molar-refractivity contribution in [1.82, 2.24) is 5.32 Å². The highest BCUT2D eigenvalue weighted by molar-refractivity contribution is 6.32. The Morgan fingerprint density at radius 2 is 1.88 bits per heavy atom. The van der Waals surface area contributed by atoms with Gasteiger partial charge in [0.05, 0.1) is 19.2 Å². The molecule has 0 atom stereocenters. The van der Waals surface area contributed by atoms with E-state index in [0.717, 1.165) is 24.3 Å². The molecule has 0 aliphatic carbocycles. The number of methoxy groups -OCH3 is 2. The molecule has 0 saturated heterocycles. The van der Waals surface area contributed by atoms with Gasteiger partial charge in [-0.1, -0.05) is 11.6 Å². The molecule has 1 aromatic rings. The van der Waals surface area contributed by atoms with Crippen LogP contribution in [0.5, 0.6) is 11.5 Å². The molecule has 0 heterocycles. The molecule has 0 bridgehead atoms. The van der Waals surface area contributed by atoms with Crippen LogP contribution in [0.15, 0.2) is 6.07 Å².